The Morgan fingerprint density at radius 1 is 1.40 bits per heavy atom. The number of rotatable bonds is 6. The highest BCUT2D eigenvalue weighted by molar-refractivity contribution is 5.91. The van der Waals surface area contributed by atoms with Crippen LogP contribution in [-0.4, -0.2) is 35.0 Å². The van der Waals surface area contributed by atoms with E-state index < -0.39 is 10.9 Å². The van der Waals surface area contributed by atoms with Crippen molar-refractivity contribution < 1.29 is 19.6 Å². The van der Waals surface area contributed by atoms with E-state index in [0.29, 0.717) is 6.54 Å². The molecule has 0 bridgehead atoms. The Bertz CT molecular complexity index is 556. The minimum absolute atomic E-state index is 0.0884. The van der Waals surface area contributed by atoms with E-state index in [1.807, 2.05) is 0 Å². The first kappa shape index (κ1) is 15.4. The first-order chi connectivity index (χ1) is 9.36. The molecule has 1 aromatic carbocycles. The van der Waals surface area contributed by atoms with E-state index in [4.69, 9.17) is 5.11 Å². The Morgan fingerprint density at radius 2 is 2.05 bits per heavy atom. The van der Waals surface area contributed by atoms with Gasteiger partial charge in [-0.05, 0) is 19.9 Å². The van der Waals surface area contributed by atoms with Gasteiger partial charge in [0.2, 0.25) is 5.91 Å². The molecule has 8 heteroatoms. The largest absolute Gasteiger partial charge is 0.478 e. The number of benzene rings is 1. The second kappa shape index (κ2) is 6.50. The number of aromatic carboxylic acids is 1. The normalized spacial score (nSPS) is 9.90. The molecule has 0 aliphatic carbocycles. The lowest BCUT2D eigenvalue weighted by molar-refractivity contribution is -0.385. The lowest BCUT2D eigenvalue weighted by Gasteiger charge is -2.10. The summed E-state index contributed by atoms with van der Waals surface area (Å²) < 4.78 is 0. The van der Waals surface area contributed by atoms with Crippen LogP contribution in [0.4, 0.5) is 11.4 Å². The molecule has 20 heavy (non-hydrogen) atoms. The van der Waals surface area contributed by atoms with Gasteiger partial charge in [-0.15, -0.1) is 0 Å². The first-order valence-corrected chi connectivity index (χ1v) is 5.89. The molecule has 0 fully saturated rings. The number of nitro groups is 1. The molecule has 0 radical (unpaired) electrons. The van der Waals surface area contributed by atoms with Gasteiger partial charge in [-0.3, -0.25) is 14.9 Å². The van der Waals surface area contributed by atoms with Gasteiger partial charge in [0.15, 0.2) is 0 Å². The van der Waals surface area contributed by atoms with E-state index >= 15 is 0 Å². The van der Waals surface area contributed by atoms with Gasteiger partial charge in [-0.2, -0.15) is 0 Å². The van der Waals surface area contributed by atoms with Crippen LogP contribution in [0.2, 0.25) is 0 Å². The van der Waals surface area contributed by atoms with Crippen LogP contribution in [0.5, 0.6) is 0 Å². The molecule has 0 saturated heterocycles. The van der Waals surface area contributed by atoms with Crippen LogP contribution in [0.1, 0.15) is 22.8 Å². The van der Waals surface area contributed by atoms with E-state index in [-0.39, 0.29) is 35.0 Å². The maximum atomic E-state index is 11.3. The molecule has 0 atom stereocenters. The average molecular weight is 281 g/mol. The maximum Gasteiger partial charge on any atom is 0.336 e. The topological polar surface area (TPSA) is 122 Å². The van der Waals surface area contributed by atoms with Crippen molar-refractivity contribution in [3.8, 4) is 0 Å². The fraction of sp³-hybridized carbons (Fsp3) is 0.333. The first-order valence-electron chi connectivity index (χ1n) is 5.89. The van der Waals surface area contributed by atoms with Gasteiger partial charge in [0.25, 0.3) is 5.69 Å². The van der Waals surface area contributed by atoms with E-state index in [1.165, 1.54) is 13.0 Å². The third-order valence-electron chi connectivity index (χ3n) is 2.64. The summed E-state index contributed by atoms with van der Waals surface area (Å²) in [5.41, 5.74) is 0.0242. The highest BCUT2D eigenvalue weighted by Crippen LogP contribution is 2.27. The summed E-state index contributed by atoms with van der Waals surface area (Å²) in [6.07, 6.45) is 0. The second-order valence-corrected chi connectivity index (χ2v) is 4.04. The van der Waals surface area contributed by atoms with Crippen LogP contribution in [0.15, 0.2) is 12.1 Å². The molecular weight excluding hydrogens is 266 g/mol. The number of hydrogen-bond acceptors (Lipinski definition) is 5. The molecule has 0 aliphatic heterocycles. The molecule has 0 heterocycles. The number of carboxylic acids is 1. The molecule has 0 aliphatic rings. The number of likely N-dealkylation sites (N-methyl/N-ethyl adjacent to an activating group) is 1. The third kappa shape index (κ3) is 3.67. The number of anilines is 1. The Morgan fingerprint density at radius 3 is 2.55 bits per heavy atom. The summed E-state index contributed by atoms with van der Waals surface area (Å²) in [6, 6.07) is 2.26. The number of nitro benzene ring substituents is 1. The number of hydrogen-bond donors (Lipinski definition) is 3. The smallest absolute Gasteiger partial charge is 0.336 e. The minimum atomic E-state index is -1.27. The van der Waals surface area contributed by atoms with Crippen molar-refractivity contribution in [2.24, 2.45) is 0 Å². The zero-order valence-electron chi connectivity index (χ0n) is 11.1. The van der Waals surface area contributed by atoms with E-state index in [0.717, 1.165) is 6.07 Å². The van der Waals surface area contributed by atoms with Crippen molar-refractivity contribution in [3.05, 3.63) is 33.4 Å². The zero-order chi connectivity index (χ0) is 15.3. The van der Waals surface area contributed by atoms with Crippen molar-refractivity contribution in [1.29, 1.82) is 0 Å². The number of nitrogens with zero attached hydrogens (tertiary/aromatic N) is 1. The minimum Gasteiger partial charge on any atom is -0.478 e. The Labute approximate surface area is 114 Å². The van der Waals surface area contributed by atoms with E-state index in [2.05, 4.69) is 10.6 Å². The number of carbonyl (C=O) groups excluding carboxylic acids is 1. The number of amides is 1. The molecule has 1 rings (SSSR count). The van der Waals surface area contributed by atoms with Gasteiger partial charge in [0.1, 0.15) is 0 Å². The lowest BCUT2D eigenvalue weighted by atomic mass is 10.1. The van der Waals surface area contributed by atoms with Gasteiger partial charge in [0.05, 0.1) is 17.0 Å². The molecule has 0 saturated carbocycles. The van der Waals surface area contributed by atoms with Gasteiger partial charge < -0.3 is 15.7 Å². The van der Waals surface area contributed by atoms with Crippen LogP contribution in [0.25, 0.3) is 0 Å². The van der Waals surface area contributed by atoms with Crippen LogP contribution >= 0.6 is 0 Å². The average Bonchev–Trinajstić information content (AvgIpc) is 2.37. The third-order valence-corrected chi connectivity index (χ3v) is 2.64. The van der Waals surface area contributed by atoms with E-state index in [1.54, 1.807) is 6.92 Å². The monoisotopic (exact) mass is 281 g/mol. The molecule has 0 aromatic heterocycles. The van der Waals surface area contributed by atoms with Crippen molar-refractivity contribution in [3.63, 3.8) is 0 Å². The van der Waals surface area contributed by atoms with Crippen molar-refractivity contribution >= 4 is 23.3 Å². The van der Waals surface area contributed by atoms with Gasteiger partial charge in [-0.1, -0.05) is 0 Å². The van der Waals surface area contributed by atoms with Gasteiger partial charge in [-0.25, -0.2) is 4.79 Å². The molecule has 108 valence electrons. The summed E-state index contributed by atoms with van der Waals surface area (Å²) in [4.78, 5) is 32.5. The summed E-state index contributed by atoms with van der Waals surface area (Å²) in [5.74, 6) is -1.55. The molecular formula is C12H15N3O5. The van der Waals surface area contributed by atoms with Crippen molar-refractivity contribution in [2.45, 2.75) is 13.8 Å². The molecule has 0 spiro atoms. The quantitative estimate of drug-likeness (QED) is 0.531. The number of nitrogens with one attached hydrogen (secondary N) is 2. The summed E-state index contributed by atoms with van der Waals surface area (Å²) >= 11 is 0. The zero-order valence-corrected chi connectivity index (χ0v) is 11.1. The van der Waals surface area contributed by atoms with E-state index in [9.17, 15) is 19.7 Å². The molecule has 8 nitrogen and oxygen atoms in total. The Kier molecular flexibility index (Phi) is 5.01. The van der Waals surface area contributed by atoms with Crippen LogP contribution in [-0.2, 0) is 4.79 Å². The predicted octanol–water partition coefficient (Wildman–Crippen LogP) is 1.15. The SMILES string of the molecule is CCNC(=O)CNc1cc(C(=O)O)cc([N+](=O)[O-])c1C. The van der Waals surface area contributed by atoms with Crippen LogP contribution in [0, 0.1) is 17.0 Å². The fourth-order valence-electron chi connectivity index (χ4n) is 1.63. The Hall–Kier alpha value is -2.64. The van der Waals surface area contributed by atoms with Crippen molar-refractivity contribution in [2.75, 3.05) is 18.4 Å². The summed E-state index contributed by atoms with van der Waals surface area (Å²) in [7, 11) is 0. The number of carbonyl (C=O) groups is 2. The van der Waals surface area contributed by atoms with Crippen LogP contribution < -0.4 is 10.6 Å². The Balaban J connectivity index is 3.08. The van der Waals surface area contributed by atoms with Crippen LogP contribution in [0.3, 0.4) is 0 Å². The molecule has 0 unspecified atom stereocenters. The molecule has 1 amide bonds. The standard InChI is InChI=1S/C12H15N3O5/c1-3-13-11(16)6-14-9-4-8(12(17)18)5-10(7(9)2)15(19)20/h4-5,14H,3,6H2,1-2H3,(H,13,16)(H,17,18). The van der Waals surface area contributed by atoms with Gasteiger partial charge in [0, 0.05) is 23.9 Å². The summed E-state index contributed by atoms with van der Waals surface area (Å²) in [6.45, 7) is 3.63. The molecule has 1 aromatic rings. The highest BCUT2D eigenvalue weighted by Gasteiger charge is 2.19. The molecule has 3 N–H and O–H groups in total. The second-order valence-electron chi connectivity index (χ2n) is 4.04. The predicted molar refractivity (Wildman–Crippen MR) is 72.0 cm³/mol. The fourth-order valence-corrected chi connectivity index (χ4v) is 1.63. The van der Waals surface area contributed by atoms with Gasteiger partial charge >= 0.3 is 5.97 Å². The van der Waals surface area contributed by atoms with Crippen molar-refractivity contribution in [1.82, 2.24) is 5.32 Å². The maximum absolute atomic E-state index is 11.3. The number of carboxylic acid groups (broad SMARTS) is 1. The highest BCUT2D eigenvalue weighted by atomic mass is 16.6. The lowest BCUT2D eigenvalue weighted by Crippen LogP contribution is -2.29. The summed E-state index contributed by atoms with van der Waals surface area (Å²) in [5, 5.41) is 25.1.